The smallest absolute Gasteiger partial charge is 0.248 e. The van der Waals surface area contributed by atoms with E-state index in [0.29, 0.717) is 6.42 Å². The Morgan fingerprint density at radius 2 is 2.05 bits per heavy atom. The molecule has 0 bridgehead atoms. The van der Waals surface area contributed by atoms with Crippen LogP contribution in [0.25, 0.3) is 0 Å². The van der Waals surface area contributed by atoms with Gasteiger partial charge in [-0.05, 0) is 31.5 Å². The fourth-order valence-electron chi connectivity index (χ4n) is 1.35. The van der Waals surface area contributed by atoms with E-state index in [9.17, 15) is 14.0 Å². The van der Waals surface area contributed by atoms with Crippen molar-refractivity contribution in [3.63, 3.8) is 0 Å². The summed E-state index contributed by atoms with van der Waals surface area (Å²) in [7, 11) is 0. The molecule has 1 aromatic carbocycles. The Kier molecular flexibility index (Phi) is 7.03. The first-order valence-electron chi connectivity index (χ1n) is 5.55. The summed E-state index contributed by atoms with van der Waals surface area (Å²) >= 11 is 0. The number of hydrogen-bond acceptors (Lipinski definition) is 3. The normalized spacial score (nSPS) is 11.3. The Morgan fingerprint density at radius 3 is 2.58 bits per heavy atom. The topological polar surface area (TPSA) is 98.2 Å². The summed E-state index contributed by atoms with van der Waals surface area (Å²) in [6, 6.07) is 3.45. The Bertz CT molecular complexity index is 466. The average Bonchev–Trinajstić information content (AvgIpc) is 2.29. The molecule has 0 saturated carbocycles. The van der Waals surface area contributed by atoms with Crippen LogP contribution in [0, 0.1) is 5.82 Å². The lowest BCUT2D eigenvalue weighted by Crippen LogP contribution is -2.20. The van der Waals surface area contributed by atoms with Crippen molar-refractivity contribution in [3.8, 4) is 0 Å². The first-order chi connectivity index (χ1) is 8.40. The Labute approximate surface area is 116 Å². The zero-order valence-corrected chi connectivity index (χ0v) is 11.3. The molecule has 2 amide bonds. The molecule has 1 aromatic rings. The number of benzene rings is 1. The number of primary amides is 1. The van der Waals surface area contributed by atoms with Crippen molar-refractivity contribution in [2.24, 2.45) is 11.5 Å². The number of hydrogen-bond donors (Lipinski definition) is 3. The maximum absolute atomic E-state index is 13.4. The molecule has 0 aliphatic rings. The zero-order chi connectivity index (χ0) is 13.7. The summed E-state index contributed by atoms with van der Waals surface area (Å²) in [6.45, 7) is 1.78. The molecule has 0 aromatic heterocycles. The molecule has 0 radical (unpaired) electrons. The molecule has 0 aliphatic heterocycles. The fraction of sp³-hybridized carbons (Fsp3) is 0.333. The largest absolute Gasteiger partial charge is 0.366 e. The molecular weight excluding hydrogens is 273 g/mol. The van der Waals surface area contributed by atoms with Gasteiger partial charge in [0.05, 0.1) is 5.69 Å². The van der Waals surface area contributed by atoms with E-state index in [-0.39, 0.29) is 42.0 Å². The molecule has 5 N–H and O–H groups in total. The molecule has 1 unspecified atom stereocenters. The zero-order valence-electron chi connectivity index (χ0n) is 10.5. The maximum atomic E-state index is 13.4. The minimum atomic E-state index is -0.680. The second-order valence-electron chi connectivity index (χ2n) is 4.12. The number of halogens is 2. The van der Waals surface area contributed by atoms with Gasteiger partial charge in [-0.15, -0.1) is 12.4 Å². The van der Waals surface area contributed by atoms with Gasteiger partial charge in [-0.25, -0.2) is 4.39 Å². The molecule has 0 heterocycles. The standard InChI is InChI=1S/C12H16FN3O2.ClH/c1-7(14)2-5-11(17)16-10-6-8(12(15)18)3-4-9(10)13;/h3-4,6-7H,2,5,14H2,1H3,(H2,15,18)(H,16,17);1H. The van der Waals surface area contributed by atoms with Crippen LogP contribution >= 0.6 is 12.4 Å². The first-order valence-corrected chi connectivity index (χ1v) is 5.55. The maximum Gasteiger partial charge on any atom is 0.248 e. The van der Waals surface area contributed by atoms with E-state index >= 15 is 0 Å². The van der Waals surface area contributed by atoms with Crippen molar-refractivity contribution in [1.82, 2.24) is 0 Å². The predicted molar refractivity (Wildman–Crippen MR) is 73.7 cm³/mol. The van der Waals surface area contributed by atoms with Crippen LogP contribution in [0.3, 0.4) is 0 Å². The van der Waals surface area contributed by atoms with Gasteiger partial charge in [0.2, 0.25) is 11.8 Å². The van der Waals surface area contributed by atoms with Crippen LogP contribution in [0.5, 0.6) is 0 Å². The van der Waals surface area contributed by atoms with Gasteiger partial charge >= 0.3 is 0 Å². The lowest BCUT2D eigenvalue weighted by molar-refractivity contribution is -0.116. The molecule has 106 valence electrons. The molecule has 19 heavy (non-hydrogen) atoms. The van der Waals surface area contributed by atoms with Crippen molar-refractivity contribution in [2.45, 2.75) is 25.8 Å². The molecule has 5 nitrogen and oxygen atoms in total. The fourth-order valence-corrected chi connectivity index (χ4v) is 1.35. The summed E-state index contributed by atoms with van der Waals surface area (Å²) in [5, 5.41) is 2.38. The third-order valence-corrected chi connectivity index (χ3v) is 2.35. The van der Waals surface area contributed by atoms with Gasteiger partial charge in [0.15, 0.2) is 0 Å². The number of carbonyl (C=O) groups excluding carboxylic acids is 2. The summed E-state index contributed by atoms with van der Waals surface area (Å²) in [5.74, 6) is -1.65. The summed E-state index contributed by atoms with van der Waals surface area (Å²) in [5.41, 5.74) is 10.7. The first kappa shape index (κ1) is 17.3. The molecule has 0 fully saturated rings. The number of nitrogens with two attached hydrogens (primary N) is 2. The van der Waals surface area contributed by atoms with Crippen LogP contribution in [-0.4, -0.2) is 17.9 Å². The van der Waals surface area contributed by atoms with Crippen LogP contribution in [0.2, 0.25) is 0 Å². The highest BCUT2D eigenvalue weighted by molar-refractivity contribution is 5.96. The van der Waals surface area contributed by atoms with Crippen LogP contribution in [0.1, 0.15) is 30.1 Å². The lowest BCUT2D eigenvalue weighted by atomic mass is 10.1. The number of rotatable bonds is 5. The van der Waals surface area contributed by atoms with E-state index in [0.717, 1.165) is 6.07 Å². The van der Waals surface area contributed by atoms with Crippen LogP contribution < -0.4 is 16.8 Å². The molecule has 0 aliphatic carbocycles. The molecule has 0 spiro atoms. The number of amides is 2. The second kappa shape index (κ2) is 7.70. The van der Waals surface area contributed by atoms with E-state index in [1.807, 2.05) is 0 Å². The third kappa shape index (κ3) is 5.67. The van der Waals surface area contributed by atoms with Gasteiger partial charge in [-0.1, -0.05) is 0 Å². The van der Waals surface area contributed by atoms with Gasteiger partial charge in [-0.2, -0.15) is 0 Å². The summed E-state index contributed by atoms with van der Waals surface area (Å²) in [4.78, 5) is 22.4. The van der Waals surface area contributed by atoms with Gasteiger partial charge < -0.3 is 16.8 Å². The van der Waals surface area contributed by atoms with Gasteiger partial charge in [0.25, 0.3) is 0 Å². The summed E-state index contributed by atoms with van der Waals surface area (Å²) < 4.78 is 13.4. The van der Waals surface area contributed by atoms with Crippen molar-refractivity contribution in [3.05, 3.63) is 29.6 Å². The minimum Gasteiger partial charge on any atom is -0.366 e. The number of nitrogens with one attached hydrogen (secondary N) is 1. The van der Waals surface area contributed by atoms with Crippen molar-refractivity contribution < 1.29 is 14.0 Å². The highest BCUT2D eigenvalue weighted by atomic mass is 35.5. The number of anilines is 1. The average molecular weight is 290 g/mol. The third-order valence-electron chi connectivity index (χ3n) is 2.35. The molecule has 1 atom stereocenters. The highest BCUT2D eigenvalue weighted by Crippen LogP contribution is 2.16. The highest BCUT2D eigenvalue weighted by Gasteiger charge is 2.10. The van der Waals surface area contributed by atoms with Crippen molar-refractivity contribution in [2.75, 3.05) is 5.32 Å². The van der Waals surface area contributed by atoms with Gasteiger partial charge in [-0.3, -0.25) is 9.59 Å². The van der Waals surface area contributed by atoms with E-state index < -0.39 is 11.7 Å². The number of carbonyl (C=O) groups is 2. The van der Waals surface area contributed by atoms with Crippen molar-refractivity contribution >= 4 is 29.9 Å². The Morgan fingerprint density at radius 1 is 1.42 bits per heavy atom. The second-order valence-corrected chi connectivity index (χ2v) is 4.12. The lowest BCUT2D eigenvalue weighted by Gasteiger charge is -2.08. The molecule has 1 rings (SSSR count). The summed E-state index contributed by atoms with van der Waals surface area (Å²) in [6.07, 6.45) is 0.695. The Balaban J connectivity index is 0.00000324. The van der Waals surface area contributed by atoms with E-state index in [1.165, 1.54) is 12.1 Å². The van der Waals surface area contributed by atoms with Crippen molar-refractivity contribution in [1.29, 1.82) is 0 Å². The molecular formula is C12H17ClFN3O2. The Hall–Kier alpha value is -1.66. The SMILES string of the molecule is CC(N)CCC(=O)Nc1cc(C(N)=O)ccc1F.Cl. The monoisotopic (exact) mass is 289 g/mol. The van der Waals surface area contributed by atoms with Gasteiger partial charge in [0, 0.05) is 18.0 Å². The predicted octanol–water partition coefficient (Wildman–Crippen LogP) is 1.41. The van der Waals surface area contributed by atoms with E-state index in [2.05, 4.69) is 5.32 Å². The van der Waals surface area contributed by atoms with E-state index in [4.69, 9.17) is 11.5 Å². The molecule has 0 saturated heterocycles. The molecule has 7 heteroatoms. The van der Waals surface area contributed by atoms with Crippen LogP contribution in [0.4, 0.5) is 10.1 Å². The van der Waals surface area contributed by atoms with Crippen LogP contribution in [0.15, 0.2) is 18.2 Å². The minimum absolute atomic E-state index is 0. The quantitative estimate of drug-likeness (QED) is 0.764. The van der Waals surface area contributed by atoms with Crippen LogP contribution in [-0.2, 0) is 4.79 Å². The van der Waals surface area contributed by atoms with Gasteiger partial charge in [0.1, 0.15) is 5.82 Å². The van der Waals surface area contributed by atoms with E-state index in [1.54, 1.807) is 6.92 Å².